The molecule has 0 bridgehead atoms. The van der Waals surface area contributed by atoms with E-state index in [0.717, 1.165) is 57.4 Å². The molecular formula is C19H34IN5O2. The van der Waals surface area contributed by atoms with Crippen LogP contribution in [0.25, 0.3) is 0 Å². The van der Waals surface area contributed by atoms with Crippen molar-refractivity contribution in [3.8, 4) is 0 Å². The second-order valence-corrected chi connectivity index (χ2v) is 7.06. The molecule has 1 aliphatic carbocycles. The van der Waals surface area contributed by atoms with Crippen LogP contribution in [0.1, 0.15) is 57.2 Å². The van der Waals surface area contributed by atoms with E-state index < -0.39 is 0 Å². The van der Waals surface area contributed by atoms with Crippen LogP contribution in [0.15, 0.2) is 17.3 Å². The topological polar surface area (TPSA) is 72.7 Å². The predicted octanol–water partition coefficient (Wildman–Crippen LogP) is 2.87. The Morgan fingerprint density at radius 1 is 1.33 bits per heavy atom. The summed E-state index contributed by atoms with van der Waals surface area (Å²) in [5, 5.41) is 11.4. The molecule has 7 nitrogen and oxygen atoms in total. The van der Waals surface area contributed by atoms with Gasteiger partial charge in [0.15, 0.2) is 5.96 Å². The first-order valence-electron chi connectivity index (χ1n) is 10.1. The zero-order chi connectivity index (χ0) is 18.0. The van der Waals surface area contributed by atoms with E-state index in [-0.39, 0.29) is 30.1 Å². The lowest BCUT2D eigenvalue weighted by atomic mass is 10.3. The SMILES string of the molecule is CCNC(=NCc1ccn(C2CCCC2)n1)NCCCOC1CCOC1.I. The van der Waals surface area contributed by atoms with E-state index in [4.69, 9.17) is 14.6 Å². The molecule has 0 aromatic carbocycles. The van der Waals surface area contributed by atoms with Gasteiger partial charge in [-0.3, -0.25) is 4.68 Å². The van der Waals surface area contributed by atoms with Crippen LogP contribution in [0.3, 0.4) is 0 Å². The average Bonchev–Trinajstić information content (AvgIpc) is 3.41. The third kappa shape index (κ3) is 7.57. The smallest absolute Gasteiger partial charge is 0.191 e. The first kappa shape index (κ1) is 22.4. The van der Waals surface area contributed by atoms with E-state index in [2.05, 4.69) is 39.5 Å². The van der Waals surface area contributed by atoms with Gasteiger partial charge in [0.05, 0.1) is 31.0 Å². The fourth-order valence-corrected chi connectivity index (χ4v) is 3.51. The molecule has 0 radical (unpaired) electrons. The average molecular weight is 491 g/mol. The van der Waals surface area contributed by atoms with Crippen LogP contribution < -0.4 is 10.6 Å². The minimum absolute atomic E-state index is 0. The molecule has 1 unspecified atom stereocenters. The minimum atomic E-state index is 0. The molecule has 154 valence electrons. The van der Waals surface area contributed by atoms with Gasteiger partial charge in [-0.05, 0) is 38.7 Å². The van der Waals surface area contributed by atoms with Gasteiger partial charge in [-0.15, -0.1) is 24.0 Å². The highest BCUT2D eigenvalue weighted by Crippen LogP contribution is 2.28. The van der Waals surface area contributed by atoms with Crippen LogP contribution in [0.4, 0.5) is 0 Å². The summed E-state index contributed by atoms with van der Waals surface area (Å²) in [4.78, 5) is 4.66. The molecule has 27 heavy (non-hydrogen) atoms. The number of guanidine groups is 1. The molecule has 0 amide bonds. The molecule has 1 saturated carbocycles. The zero-order valence-corrected chi connectivity index (χ0v) is 18.7. The second kappa shape index (κ2) is 12.6. The molecule has 2 fully saturated rings. The number of halogens is 1. The van der Waals surface area contributed by atoms with Gasteiger partial charge in [0.1, 0.15) is 0 Å². The van der Waals surface area contributed by atoms with Crippen LogP contribution in [-0.4, -0.2) is 54.8 Å². The molecule has 8 heteroatoms. The largest absolute Gasteiger partial charge is 0.379 e. The van der Waals surface area contributed by atoms with E-state index in [1.807, 2.05) is 0 Å². The Labute approximate surface area is 179 Å². The third-order valence-corrected chi connectivity index (χ3v) is 4.96. The Bertz CT molecular complexity index is 554. The lowest BCUT2D eigenvalue weighted by Crippen LogP contribution is -2.38. The highest BCUT2D eigenvalue weighted by atomic mass is 127. The Kier molecular flexibility index (Phi) is 10.4. The standard InChI is InChI=1S/C19H33N5O2.HI/c1-2-20-19(21-10-5-12-26-18-9-13-25-15-18)22-14-16-8-11-24(23-16)17-6-3-4-7-17;/h8,11,17-18H,2-7,9-10,12-15H2,1H3,(H2,20,21,22);1H. The van der Waals surface area contributed by atoms with Gasteiger partial charge in [0, 0.05) is 32.5 Å². The molecule has 2 aliphatic rings. The normalized spacial score (nSPS) is 20.6. The summed E-state index contributed by atoms with van der Waals surface area (Å²) in [6.07, 6.45) is 9.52. The quantitative estimate of drug-likeness (QED) is 0.241. The van der Waals surface area contributed by atoms with Crippen molar-refractivity contribution in [2.45, 2.75) is 64.1 Å². The van der Waals surface area contributed by atoms with Crippen LogP contribution in [-0.2, 0) is 16.0 Å². The van der Waals surface area contributed by atoms with Crippen LogP contribution in [0, 0.1) is 0 Å². The Morgan fingerprint density at radius 2 is 2.19 bits per heavy atom. The first-order valence-corrected chi connectivity index (χ1v) is 10.1. The zero-order valence-electron chi connectivity index (χ0n) is 16.4. The van der Waals surface area contributed by atoms with Crippen molar-refractivity contribution in [2.24, 2.45) is 4.99 Å². The van der Waals surface area contributed by atoms with E-state index >= 15 is 0 Å². The van der Waals surface area contributed by atoms with Crippen molar-refractivity contribution >= 4 is 29.9 Å². The van der Waals surface area contributed by atoms with E-state index in [1.54, 1.807) is 0 Å². The van der Waals surface area contributed by atoms with Crippen molar-refractivity contribution in [3.63, 3.8) is 0 Å². The number of aliphatic imine (C=N–C) groups is 1. The number of hydrogen-bond donors (Lipinski definition) is 2. The molecule has 1 aliphatic heterocycles. The van der Waals surface area contributed by atoms with E-state index in [1.165, 1.54) is 25.7 Å². The number of nitrogens with one attached hydrogen (secondary N) is 2. The summed E-state index contributed by atoms with van der Waals surface area (Å²) in [7, 11) is 0. The van der Waals surface area contributed by atoms with Crippen LogP contribution in [0.5, 0.6) is 0 Å². The molecule has 2 N–H and O–H groups in total. The van der Waals surface area contributed by atoms with Crippen molar-refractivity contribution in [3.05, 3.63) is 18.0 Å². The lowest BCUT2D eigenvalue weighted by Gasteiger charge is -2.12. The summed E-state index contributed by atoms with van der Waals surface area (Å²) in [6.45, 7) is 6.70. The molecular weight excluding hydrogens is 457 g/mol. The van der Waals surface area contributed by atoms with Crippen molar-refractivity contribution in [1.82, 2.24) is 20.4 Å². The number of ether oxygens (including phenoxy) is 2. The highest BCUT2D eigenvalue weighted by Gasteiger charge is 2.17. The number of rotatable bonds is 9. The fraction of sp³-hybridized carbons (Fsp3) is 0.789. The third-order valence-electron chi connectivity index (χ3n) is 4.96. The summed E-state index contributed by atoms with van der Waals surface area (Å²) in [6, 6.07) is 2.67. The maximum atomic E-state index is 5.79. The van der Waals surface area contributed by atoms with Gasteiger partial charge in [0.2, 0.25) is 0 Å². The maximum Gasteiger partial charge on any atom is 0.191 e. The summed E-state index contributed by atoms with van der Waals surface area (Å²) in [5.41, 5.74) is 1.03. The fourth-order valence-electron chi connectivity index (χ4n) is 3.51. The maximum absolute atomic E-state index is 5.79. The monoisotopic (exact) mass is 491 g/mol. The van der Waals surface area contributed by atoms with Crippen molar-refractivity contribution in [1.29, 1.82) is 0 Å². The minimum Gasteiger partial charge on any atom is -0.379 e. The van der Waals surface area contributed by atoms with Gasteiger partial charge < -0.3 is 20.1 Å². The number of aromatic nitrogens is 2. The Balaban J connectivity index is 0.00000261. The Hall–Kier alpha value is -0.870. The van der Waals surface area contributed by atoms with E-state index in [9.17, 15) is 0 Å². The van der Waals surface area contributed by atoms with Crippen molar-refractivity contribution in [2.75, 3.05) is 32.9 Å². The van der Waals surface area contributed by atoms with Crippen LogP contribution >= 0.6 is 24.0 Å². The molecule has 1 saturated heterocycles. The van der Waals surface area contributed by atoms with Crippen LogP contribution in [0.2, 0.25) is 0 Å². The summed E-state index contributed by atoms with van der Waals surface area (Å²) < 4.78 is 13.2. The van der Waals surface area contributed by atoms with Gasteiger partial charge in [-0.2, -0.15) is 5.10 Å². The van der Waals surface area contributed by atoms with Gasteiger partial charge in [-0.1, -0.05) is 12.8 Å². The van der Waals surface area contributed by atoms with E-state index in [0.29, 0.717) is 12.6 Å². The molecule has 1 aromatic rings. The summed E-state index contributed by atoms with van der Waals surface area (Å²) in [5.74, 6) is 0.840. The predicted molar refractivity (Wildman–Crippen MR) is 118 cm³/mol. The molecule has 3 rings (SSSR count). The number of hydrogen-bond acceptors (Lipinski definition) is 4. The van der Waals surface area contributed by atoms with Gasteiger partial charge in [0.25, 0.3) is 0 Å². The first-order chi connectivity index (χ1) is 12.8. The molecule has 2 heterocycles. The lowest BCUT2D eigenvalue weighted by molar-refractivity contribution is 0.0420. The highest BCUT2D eigenvalue weighted by molar-refractivity contribution is 14.0. The second-order valence-electron chi connectivity index (χ2n) is 7.06. The molecule has 0 spiro atoms. The number of nitrogens with zero attached hydrogens (tertiary/aromatic N) is 3. The Morgan fingerprint density at radius 3 is 2.93 bits per heavy atom. The molecule has 1 atom stereocenters. The summed E-state index contributed by atoms with van der Waals surface area (Å²) >= 11 is 0. The van der Waals surface area contributed by atoms with Gasteiger partial charge >= 0.3 is 0 Å². The van der Waals surface area contributed by atoms with Gasteiger partial charge in [-0.25, -0.2) is 4.99 Å². The molecule has 1 aromatic heterocycles. The van der Waals surface area contributed by atoms with Crippen molar-refractivity contribution < 1.29 is 9.47 Å².